The summed E-state index contributed by atoms with van der Waals surface area (Å²) in [6.07, 6.45) is 0. The van der Waals surface area contributed by atoms with Crippen LogP contribution in [0.3, 0.4) is 0 Å². The third-order valence-corrected chi connectivity index (χ3v) is 7.38. The van der Waals surface area contributed by atoms with Crippen molar-refractivity contribution in [2.24, 2.45) is 0 Å². The van der Waals surface area contributed by atoms with Crippen LogP contribution in [0.15, 0.2) is 24.3 Å². The first-order valence-electron chi connectivity index (χ1n) is 9.05. The molecular formula is C20H35N2OP. The third-order valence-electron chi connectivity index (χ3n) is 4.03. The van der Waals surface area contributed by atoms with Gasteiger partial charge < -0.3 is 0 Å². The smallest absolute Gasteiger partial charge is 0.214 e. The highest BCUT2D eigenvalue weighted by Gasteiger charge is 2.38. The normalized spacial score (nSPS) is 12.7. The molecule has 24 heavy (non-hydrogen) atoms. The summed E-state index contributed by atoms with van der Waals surface area (Å²) in [6, 6.07) is 9.32. The molecule has 4 heteroatoms. The molecule has 0 aliphatic heterocycles. The molecule has 0 unspecified atom stereocenters. The molecule has 0 bridgehead atoms. The standard InChI is InChI=1S/C20H35N2OP/c1-14(2)21(15(3)4)24(22(16(5)6)17(7)8)20(23)19-12-10-18(9)11-13-19/h10-17H,1-9H3. The fourth-order valence-corrected chi connectivity index (χ4v) is 6.00. The van der Waals surface area contributed by atoms with Gasteiger partial charge in [0.25, 0.3) is 0 Å². The summed E-state index contributed by atoms with van der Waals surface area (Å²) in [7, 11) is -1.06. The second-order valence-corrected chi connectivity index (χ2v) is 9.50. The largest absolute Gasteiger partial charge is 0.286 e. The predicted octanol–water partition coefficient (Wildman–Crippen LogP) is 5.68. The van der Waals surface area contributed by atoms with Crippen LogP contribution in [0, 0.1) is 6.92 Å². The van der Waals surface area contributed by atoms with Gasteiger partial charge in [-0.15, -0.1) is 0 Å². The van der Waals surface area contributed by atoms with Gasteiger partial charge in [-0.3, -0.25) is 14.1 Å². The summed E-state index contributed by atoms with van der Waals surface area (Å²) < 4.78 is 4.80. The van der Waals surface area contributed by atoms with E-state index < -0.39 is 8.22 Å². The molecule has 1 rings (SSSR count). The number of hydrogen-bond acceptors (Lipinski definition) is 3. The Morgan fingerprint density at radius 3 is 1.38 bits per heavy atom. The van der Waals surface area contributed by atoms with Gasteiger partial charge in [0.1, 0.15) is 8.22 Å². The van der Waals surface area contributed by atoms with E-state index in [1.165, 1.54) is 5.56 Å². The Hall–Kier alpha value is -0.760. The highest BCUT2D eigenvalue weighted by molar-refractivity contribution is 7.71. The van der Waals surface area contributed by atoms with Crippen LogP contribution in [-0.2, 0) is 0 Å². The summed E-state index contributed by atoms with van der Waals surface area (Å²) in [5.41, 5.74) is 2.27. The Labute approximate surface area is 150 Å². The number of rotatable bonds is 8. The monoisotopic (exact) mass is 350 g/mol. The lowest BCUT2D eigenvalue weighted by Crippen LogP contribution is -2.44. The number of benzene rings is 1. The van der Waals surface area contributed by atoms with Crippen LogP contribution in [0.1, 0.15) is 71.3 Å². The van der Waals surface area contributed by atoms with E-state index >= 15 is 0 Å². The first kappa shape index (κ1) is 21.3. The molecule has 0 atom stereocenters. The lowest BCUT2D eigenvalue weighted by Gasteiger charge is -2.46. The third kappa shape index (κ3) is 5.12. The second kappa shape index (κ2) is 9.08. The van der Waals surface area contributed by atoms with Gasteiger partial charge in [0.2, 0.25) is 5.52 Å². The van der Waals surface area contributed by atoms with Crippen LogP contribution < -0.4 is 0 Å². The topological polar surface area (TPSA) is 23.6 Å². The van der Waals surface area contributed by atoms with E-state index in [0.717, 1.165) is 5.56 Å². The number of hydrogen-bond donors (Lipinski definition) is 0. The molecule has 136 valence electrons. The van der Waals surface area contributed by atoms with Crippen molar-refractivity contribution in [2.75, 3.05) is 0 Å². The molecule has 0 saturated heterocycles. The molecule has 0 fully saturated rings. The summed E-state index contributed by atoms with van der Waals surface area (Å²) in [4.78, 5) is 13.5. The molecule has 0 N–H and O–H groups in total. The Morgan fingerprint density at radius 2 is 1.08 bits per heavy atom. The molecule has 0 radical (unpaired) electrons. The maximum Gasteiger partial charge on any atom is 0.214 e. The van der Waals surface area contributed by atoms with Crippen LogP contribution in [-0.4, -0.2) is 39.0 Å². The molecule has 0 amide bonds. The summed E-state index contributed by atoms with van der Waals surface area (Å²) in [6.45, 7) is 19.6. The molecule has 0 heterocycles. The molecule has 0 aromatic heterocycles. The number of carbonyl (C=O) groups excluding carboxylic acids is 1. The quantitative estimate of drug-likeness (QED) is 0.563. The van der Waals surface area contributed by atoms with Crippen molar-refractivity contribution in [2.45, 2.75) is 86.5 Å². The van der Waals surface area contributed by atoms with Crippen molar-refractivity contribution in [1.29, 1.82) is 0 Å². The minimum atomic E-state index is -1.06. The van der Waals surface area contributed by atoms with E-state index in [0.29, 0.717) is 24.2 Å². The van der Waals surface area contributed by atoms with Crippen LogP contribution in [0.5, 0.6) is 0 Å². The lowest BCUT2D eigenvalue weighted by atomic mass is 10.2. The van der Waals surface area contributed by atoms with Crippen LogP contribution in [0.2, 0.25) is 0 Å². The summed E-state index contributed by atoms with van der Waals surface area (Å²) >= 11 is 0. The average molecular weight is 350 g/mol. The van der Waals surface area contributed by atoms with Gasteiger partial charge in [0.05, 0.1) is 0 Å². The molecular weight excluding hydrogens is 315 g/mol. The fraction of sp³-hybridized carbons (Fsp3) is 0.650. The van der Waals surface area contributed by atoms with Crippen molar-refractivity contribution < 1.29 is 4.79 Å². The maximum atomic E-state index is 13.5. The minimum Gasteiger partial charge on any atom is -0.286 e. The number of nitrogens with zero attached hydrogens (tertiary/aromatic N) is 2. The second-order valence-electron chi connectivity index (χ2n) is 7.60. The molecule has 0 aliphatic rings. The zero-order chi connectivity index (χ0) is 18.6. The van der Waals surface area contributed by atoms with Gasteiger partial charge in [0.15, 0.2) is 0 Å². The summed E-state index contributed by atoms with van der Waals surface area (Å²) in [5.74, 6) is 0. The van der Waals surface area contributed by atoms with Crippen molar-refractivity contribution >= 4 is 13.7 Å². The van der Waals surface area contributed by atoms with E-state index in [1.807, 2.05) is 24.3 Å². The first-order chi connectivity index (χ1) is 11.1. The molecule has 3 nitrogen and oxygen atoms in total. The predicted molar refractivity (Wildman–Crippen MR) is 107 cm³/mol. The van der Waals surface area contributed by atoms with Crippen molar-refractivity contribution in [1.82, 2.24) is 9.34 Å². The molecule has 0 aliphatic carbocycles. The zero-order valence-electron chi connectivity index (χ0n) is 16.9. The molecule has 0 saturated carbocycles. The van der Waals surface area contributed by atoms with Gasteiger partial charge >= 0.3 is 0 Å². The Bertz CT molecular complexity index is 487. The van der Waals surface area contributed by atoms with Crippen LogP contribution in [0.25, 0.3) is 0 Å². The lowest BCUT2D eigenvalue weighted by molar-refractivity contribution is 0.105. The van der Waals surface area contributed by atoms with Gasteiger partial charge in [-0.05, 0) is 62.3 Å². The molecule has 1 aromatic rings. The van der Waals surface area contributed by atoms with E-state index in [9.17, 15) is 4.79 Å². The Morgan fingerprint density at radius 1 is 0.750 bits per heavy atom. The zero-order valence-corrected chi connectivity index (χ0v) is 17.8. The SMILES string of the molecule is Cc1ccc(C(=O)P(N(C(C)C)C(C)C)N(C(C)C)C(C)C)cc1. The van der Waals surface area contributed by atoms with Gasteiger partial charge in [-0.25, -0.2) is 0 Å². The molecule has 0 spiro atoms. The van der Waals surface area contributed by atoms with E-state index in [2.05, 4.69) is 71.7 Å². The van der Waals surface area contributed by atoms with Gasteiger partial charge in [-0.2, -0.15) is 0 Å². The summed E-state index contributed by atoms with van der Waals surface area (Å²) in [5, 5.41) is 0. The number of aryl methyl sites for hydroxylation is 1. The van der Waals surface area contributed by atoms with Crippen molar-refractivity contribution in [3.05, 3.63) is 35.4 Å². The van der Waals surface area contributed by atoms with Gasteiger partial charge in [0, 0.05) is 29.7 Å². The van der Waals surface area contributed by atoms with Crippen molar-refractivity contribution in [3.63, 3.8) is 0 Å². The Balaban J connectivity index is 3.40. The average Bonchev–Trinajstić information content (AvgIpc) is 2.45. The van der Waals surface area contributed by atoms with Gasteiger partial charge in [-0.1, -0.05) is 29.8 Å². The first-order valence-corrected chi connectivity index (χ1v) is 10.3. The highest BCUT2D eigenvalue weighted by Crippen LogP contribution is 2.52. The van der Waals surface area contributed by atoms with Crippen LogP contribution in [0.4, 0.5) is 0 Å². The van der Waals surface area contributed by atoms with Crippen molar-refractivity contribution in [3.8, 4) is 0 Å². The van der Waals surface area contributed by atoms with Crippen LogP contribution >= 0.6 is 8.22 Å². The minimum absolute atomic E-state index is 0.259. The number of carbonyl (C=O) groups is 1. The maximum absolute atomic E-state index is 13.5. The highest BCUT2D eigenvalue weighted by atomic mass is 31.1. The van der Waals surface area contributed by atoms with E-state index in [-0.39, 0.29) is 5.52 Å². The molecule has 1 aromatic carbocycles. The van der Waals surface area contributed by atoms with E-state index in [1.54, 1.807) is 0 Å². The Kier molecular flexibility index (Phi) is 8.05. The van der Waals surface area contributed by atoms with E-state index in [4.69, 9.17) is 0 Å². The fourth-order valence-electron chi connectivity index (χ4n) is 3.21.